The highest BCUT2D eigenvalue weighted by Crippen LogP contribution is 2.43. The lowest BCUT2D eigenvalue weighted by Gasteiger charge is -2.38. The first-order valence-corrected chi connectivity index (χ1v) is 8.43. The maximum atomic E-state index is 5.40. The lowest BCUT2D eigenvalue weighted by Crippen LogP contribution is -2.33. The quantitative estimate of drug-likeness (QED) is 0.800. The zero-order valence-corrected chi connectivity index (χ0v) is 14.1. The third-order valence-corrected chi connectivity index (χ3v) is 4.92. The van der Waals surface area contributed by atoms with Crippen LogP contribution in [0.1, 0.15) is 64.5 Å². The summed E-state index contributed by atoms with van der Waals surface area (Å²) in [6.07, 6.45) is 6.51. The van der Waals surface area contributed by atoms with Crippen molar-refractivity contribution in [1.29, 1.82) is 0 Å². The minimum absolute atomic E-state index is 0.469. The van der Waals surface area contributed by atoms with Gasteiger partial charge >= 0.3 is 0 Å². The van der Waals surface area contributed by atoms with Crippen LogP contribution in [0.25, 0.3) is 0 Å². The van der Waals surface area contributed by atoms with Crippen molar-refractivity contribution in [3.63, 3.8) is 0 Å². The molecular weight excluding hydrogens is 258 g/mol. The molecule has 0 aliphatic heterocycles. The summed E-state index contributed by atoms with van der Waals surface area (Å²) in [6, 6.07) is 9.06. The first-order valence-electron chi connectivity index (χ1n) is 8.43. The van der Waals surface area contributed by atoms with Crippen LogP contribution in [0.4, 0.5) is 0 Å². The summed E-state index contributed by atoms with van der Waals surface area (Å²) >= 11 is 0. The number of hydrogen-bond acceptors (Lipinski definition) is 2. The molecule has 1 atom stereocenters. The summed E-state index contributed by atoms with van der Waals surface area (Å²) in [5, 5.41) is 3.78. The Bertz CT molecular complexity index is 431. The van der Waals surface area contributed by atoms with Crippen LogP contribution >= 0.6 is 0 Å². The van der Waals surface area contributed by atoms with Gasteiger partial charge in [0.2, 0.25) is 0 Å². The van der Waals surface area contributed by atoms with E-state index in [0.29, 0.717) is 11.5 Å². The predicted octanol–water partition coefficient (Wildman–Crippen LogP) is 4.95. The molecule has 1 aliphatic rings. The Morgan fingerprint density at radius 3 is 2.62 bits per heavy atom. The van der Waals surface area contributed by atoms with Gasteiger partial charge in [0, 0.05) is 6.04 Å². The smallest absolute Gasteiger partial charge is 0.119 e. The minimum Gasteiger partial charge on any atom is -0.497 e. The van der Waals surface area contributed by atoms with Crippen LogP contribution in [-0.4, -0.2) is 13.7 Å². The molecule has 1 aromatic rings. The van der Waals surface area contributed by atoms with E-state index in [0.717, 1.165) is 18.2 Å². The molecule has 2 nitrogen and oxygen atoms in total. The molecule has 2 rings (SSSR count). The van der Waals surface area contributed by atoms with Crippen LogP contribution in [0.5, 0.6) is 5.75 Å². The molecule has 1 aliphatic carbocycles. The Kier molecular flexibility index (Phi) is 5.69. The fraction of sp³-hybridized carbons (Fsp3) is 0.684. The van der Waals surface area contributed by atoms with Gasteiger partial charge in [-0.05, 0) is 67.7 Å². The molecule has 118 valence electrons. The summed E-state index contributed by atoms with van der Waals surface area (Å²) in [6.45, 7) is 8.13. The van der Waals surface area contributed by atoms with E-state index in [1.54, 1.807) is 7.11 Å². The van der Waals surface area contributed by atoms with Gasteiger partial charge in [-0.1, -0.05) is 32.9 Å². The Morgan fingerprint density at radius 2 is 2.00 bits per heavy atom. The van der Waals surface area contributed by atoms with E-state index >= 15 is 0 Å². The van der Waals surface area contributed by atoms with Gasteiger partial charge < -0.3 is 10.1 Å². The van der Waals surface area contributed by atoms with Crippen molar-refractivity contribution in [2.45, 2.75) is 58.9 Å². The van der Waals surface area contributed by atoms with E-state index in [2.05, 4.69) is 44.3 Å². The third-order valence-electron chi connectivity index (χ3n) is 4.92. The number of nitrogens with one attached hydrogen (secondary N) is 1. The maximum absolute atomic E-state index is 5.40. The average Bonchev–Trinajstić information content (AvgIpc) is 2.49. The first kappa shape index (κ1) is 16.4. The van der Waals surface area contributed by atoms with Crippen LogP contribution in [0.3, 0.4) is 0 Å². The van der Waals surface area contributed by atoms with Crippen LogP contribution < -0.4 is 10.1 Å². The lowest BCUT2D eigenvalue weighted by molar-refractivity contribution is 0.161. The Labute approximate surface area is 130 Å². The molecule has 0 radical (unpaired) electrons. The Balaban J connectivity index is 2.13. The monoisotopic (exact) mass is 289 g/mol. The highest BCUT2D eigenvalue weighted by molar-refractivity contribution is 5.31. The molecule has 0 amide bonds. The molecule has 0 bridgehead atoms. The van der Waals surface area contributed by atoms with Crippen LogP contribution in [0.15, 0.2) is 24.3 Å². The van der Waals surface area contributed by atoms with Crippen LogP contribution in [0.2, 0.25) is 0 Å². The number of benzene rings is 1. The number of ether oxygens (including phenoxy) is 1. The van der Waals surface area contributed by atoms with E-state index in [9.17, 15) is 0 Å². The summed E-state index contributed by atoms with van der Waals surface area (Å²) in [4.78, 5) is 0. The molecular formula is C19H31NO. The van der Waals surface area contributed by atoms with Gasteiger partial charge in [-0.3, -0.25) is 0 Å². The molecule has 0 spiro atoms. The molecule has 1 saturated carbocycles. The maximum Gasteiger partial charge on any atom is 0.119 e. The number of rotatable bonds is 6. The zero-order chi connectivity index (χ0) is 15.3. The number of hydrogen-bond donors (Lipinski definition) is 1. The van der Waals surface area contributed by atoms with Gasteiger partial charge in [0.15, 0.2) is 0 Å². The van der Waals surface area contributed by atoms with E-state index in [-0.39, 0.29) is 0 Å². The molecule has 0 heterocycles. The van der Waals surface area contributed by atoms with E-state index in [4.69, 9.17) is 4.74 Å². The van der Waals surface area contributed by atoms with Gasteiger partial charge in [-0.15, -0.1) is 0 Å². The van der Waals surface area contributed by atoms with Crippen LogP contribution in [0, 0.1) is 11.3 Å². The SMILES string of the molecule is CCCNC(c1cccc(OC)c1)C1CCC(C)(C)CC1. The van der Waals surface area contributed by atoms with Crippen molar-refractivity contribution in [3.8, 4) is 5.75 Å². The summed E-state index contributed by atoms with van der Waals surface area (Å²) in [7, 11) is 1.75. The highest BCUT2D eigenvalue weighted by Gasteiger charge is 2.31. The second kappa shape index (κ2) is 7.31. The Morgan fingerprint density at radius 1 is 1.29 bits per heavy atom. The van der Waals surface area contributed by atoms with Crippen molar-refractivity contribution in [3.05, 3.63) is 29.8 Å². The molecule has 21 heavy (non-hydrogen) atoms. The molecule has 0 aromatic heterocycles. The summed E-state index contributed by atoms with van der Waals surface area (Å²) in [5.41, 5.74) is 1.91. The topological polar surface area (TPSA) is 21.3 Å². The normalized spacial score (nSPS) is 20.2. The van der Waals surface area contributed by atoms with Gasteiger partial charge in [0.05, 0.1) is 7.11 Å². The molecule has 1 fully saturated rings. The first-order chi connectivity index (χ1) is 10.1. The molecule has 2 heteroatoms. The van der Waals surface area contributed by atoms with Crippen molar-refractivity contribution in [2.75, 3.05) is 13.7 Å². The van der Waals surface area contributed by atoms with Gasteiger partial charge in [0.25, 0.3) is 0 Å². The Hall–Kier alpha value is -1.02. The number of methoxy groups -OCH3 is 1. The van der Waals surface area contributed by atoms with Crippen molar-refractivity contribution < 1.29 is 4.74 Å². The summed E-state index contributed by atoms with van der Waals surface area (Å²) < 4.78 is 5.40. The van der Waals surface area contributed by atoms with Gasteiger partial charge in [0.1, 0.15) is 5.75 Å². The molecule has 0 saturated heterocycles. The predicted molar refractivity (Wildman–Crippen MR) is 89.8 cm³/mol. The summed E-state index contributed by atoms with van der Waals surface area (Å²) in [5.74, 6) is 1.71. The van der Waals surface area contributed by atoms with Crippen molar-refractivity contribution in [1.82, 2.24) is 5.32 Å². The minimum atomic E-state index is 0.469. The second-order valence-corrected chi connectivity index (χ2v) is 7.21. The molecule has 1 aromatic carbocycles. The molecule has 1 N–H and O–H groups in total. The molecule has 1 unspecified atom stereocenters. The van der Waals surface area contributed by atoms with Gasteiger partial charge in [-0.2, -0.15) is 0 Å². The lowest BCUT2D eigenvalue weighted by atomic mass is 9.70. The fourth-order valence-corrected chi connectivity index (χ4v) is 3.45. The zero-order valence-electron chi connectivity index (χ0n) is 14.1. The van der Waals surface area contributed by atoms with Crippen molar-refractivity contribution >= 4 is 0 Å². The average molecular weight is 289 g/mol. The highest BCUT2D eigenvalue weighted by atomic mass is 16.5. The second-order valence-electron chi connectivity index (χ2n) is 7.21. The van der Waals surface area contributed by atoms with E-state index in [1.807, 2.05) is 6.07 Å². The van der Waals surface area contributed by atoms with Crippen LogP contribution in [-0.2, 0) is 0 Å². The van der Waals surface area contributed by atoms with Gasteiger partial charge in [-0.25, -0.2) is 0 Å². The van der Waals surface area contributed by atoms with E-state index < -0.39 is 0 Å². The largest absolute Gasteiger partial charge is 0.497 e. The standard InChI is InChI=1S/C19H31NO/c1-5-13-20-18(15-9-11-19(2,3)12-10-15)16-7-6-8-17(14-16)21-4/h6-8,14-15,18,20H,5,9-13H2,1-4H3. The third kappa shape index (κ3) is 4.47. The fourth-order valence-electron chi connectivity index (χ4n) is 3.45. The van der Waals surface area contributed by atoms with Crippen molar-refractivity contribution in [2.24, 2.45) is 11.3 Å². The van der Waals surface area contributed by atoms with E-state index in [1.165, 1.54) is 37.7 Å².